The molecular formula is C14H18N2O3. The normalized spacial score (nSPS) is 31.2. The van der Waals surface area contributed by atoms with Crippen LogP contribution in [-0.2, 0) is 9.59 Å². The molecule has 5 heteroatoms. The topological polar surface area (TPSA) is 81.4 Å². The quantitative estimate of drug-likeness (QED) is 0.756. The molecule has 0 aromatic heterocycles. The van der Waals surface area contributed by atoms with Crippen LogP contribution >= 0.6 is 0 Å². The second kappa shape index (κ2) is 5.43. The highest BCUT2D eigenvalue weighted by molar-refractivity contribution is 5.87. The number of amides is 1. The van der Waals surface area contributed by atoms with Gasteiger partial charge in [0.2, 0.25) is 5.91 Å². The van der Waals surface area contributed by atoms with E-state index in [1.165, 1.54) is 0 Å². The zero-order valence-electron chi connectivity index (χ0n) is 11.0. The minimum absolute atomic E-state index is 0.00822. The largest absolute Gasteiger partial charge is 0.481 e. The number of rotatable bonds is 5. The minimum atomic E-state index is -0.883. The number of carbonyl (C=O) groups excluding carboxylic acids is 1. The minimum Gasteiger partial charge on any atom is -0.481 e. The van der Waals surface area contributed by atoms with E-state index < -0.39 is 17.8 Å². The van der Waals surface area contributed by atoms with E-state index in [0.29, 0.717) is 13.1 Å². The molecule has 1 fully saturated rings. The molecule has 0 aromatic rings. The molecule has 2 bridgehead atoms. The lowest BCUT2D eigenvalue weighted by molar-refractivity contribution is -0.150. The fourth-order valence-corrected chi connectivity index (χ4v) is 3.32. The zero-order valence-corrected chi connectivity index (χ0v) is 11.0. The van der Waals surface area contributed by atoms with Crippen molar-refractivity contribution in [2.75, 3.05) is 13.1 Å². The fourth-order valence-electron chi connectivity index (χ4n) is 3.32. The molecular weight excluding hydrogens is 244 g/mol. The van der Waals surface area contributed by atoms with Crippen LogP contribution in [0.1, 0.15) is 19.8 Å². The number of allylic oxidation sites excluding steroid dienone is 2. The molecule has 0 heterocycles. The Bertz CT molecular complexity index is 452. The Morgan fingerprint density at radius 1 is 1.37 bits per heavy atom. The molecule has 0 aliphatic heterocycles. The van der Waals surface area contributed by atoms with Gasteiger partial charge in [0, 0.05) is 13.1 Å². The fraction of sp³-hybridized carbons (Fsp3) is 0.643. The van der Waals surface area contributed by atoms with Gasteiger partial charge in [-0.2, -0.15) is 5.26 Å². The first-order chi connectivity index (χ1) is 9.10. The molecule has 2 rings (SSSR count). The Balaban J connectivity index is 2.15. The number of nitrogens with zero attached hydrogens (tertiary/aromatic N) is 2. The van der Waals surface area contributed by atoms with Gasteiger partial charge in [0.25, 0.3) is 0 Å². The number of hydrogen-bond donors (Lipinski definition) is 1. The van der Waals surface area contributed by atoms with E-state index in [2.05, 4.69) is 0 Å². The summed E-state index contributed by atoms with van der Waals surface area (Å²) in [5.41, 5.74) is 0. The lowest BCUT2D eigenvalue weighted by atomic mass is 9.82. The Hall–Kier alpha value is -1.83. The van der Waals surface area contributed by atoms with Gasteiger partial charge in [-0.15, -0.1) is 0 Å². The van der Waals surface area contributed by atoms with Crippen LogP contribution in [0.4, 0.5) is 0 Å². The Morgan fingerprint density at radius 2 is 2.00 bits per heavy atom. The first kappa shape index (κ1) is 13.6. The lowest BCUT2D eigenvalue weighted by Gasteiger charge is -2.29. The molecule has 0 aromatic carbocycles. The van der Waals surface area contributed by atoms with Crippen molar-refractivity contribution in [2.45, 2.75) is 19.8 Å². The molecule has 1 amide bonds. The molecule has 0 spiro atoms. The van der Waals surface area contributed by atoms with Gasteiger partial charge in [0.15, 0.2) is 0 Å². The second-order valence-electron chi connectivity index (χ2n) is 5.16. The molecule has 19 heavy (non-hydrogen) atoms. The van der Waals surface area contributed by atoms with E-state index in [9.17, 15) is 14.7 Å². The first-order valence-corrected chi connectivity index (χ1v) is 6.67. The number of carboxylic acids is 1. The van der Waals surface area contributed by atoms with Gasteiger partial charge in [-0.3, -0.25) is 9.59 Å². The predicted molar refractivity (Wildman–Crippen MR) is 67.8 cm³/mol. The summed E-state index contributed by atoms with van der Waals surface area (Å²) < 4.78 is 0. The van der Waals surface area contributed by atoms with Gasteiger partial charge in [-0.25, -0.2) is 0 Å². The summed E-state index contributed by atoms with van der Waals surface area (Å²) in [5, 5.41) is 17.9. The number of nitriles is 1. The van der Waals surface area contributed by atoms with Crippen molar-refractivity contribution < 1.29 is 14.7 Å². The van der Waals surface area contributed by atoms with Gasteiger partial charge >= 0.3 is 5.97 Å². The summed E-state index contributed by atoms with van der Waals surface area (Å²) in [6.07, 6.45) is 4.96. The van der Waals surface area contributed by atoms with Crippen LogP contribution in [0.25, 0.3) is 0 Å². The van der Waals surface area contributed by atoms with Crippen molar-refractivity contribution in [3.8, 4) is 6.07 Å². The number of hydrogen-bond acceptors (Lipinski definition) is 3. The van der Waals surface area contributed by atoms with E-state index in [1.807, 2.05) is 25.1 Å². The van der Waals surface area contributed by atoms with Gasteiger partial charge in [-0.1, -0.05) is 12.2 Å². The second-order valence-corrected chi connectivity index (χ2v) is 5.16. The number of aliphatic carboxylic acids is 1. The Morgan fingerprint density at radius 3 is 2.53 bits per heavy atom. The molecule has 1 saturated carbocycles. The van der Waals surface area contributed by atoms with Crippen molar-refractivity contribution in [2.24, 2.45) is 23.7 Å². The summed E-state index contributed by atoms with van der Waals surface area (Å²) in [5.74, 6) is -2.00. The van der Waals surface area contributed by atoms with Gasteiger partial charge in [-0.05, 0) is 25.2 Å². The van der Waals surface area contributed by atoms with Gasteiger partial charge in [0.05, 0.1) is 24.3 Å². The average molecular weight is 262 g/mol. The maximum Gasteiger partial charge on any atom is 0.307 e. The van der Waals surface area contributed by atoms with Crippen LogP contribution in [0.3, 0.4) is 0 Å². The molecule has 102 valence electrons. The monoisotopic (exact) mass is 262 g/mol. The van der Waals surface area contributed by atoms with Crippen molar-refractivity contribution in [1.82, 2.24) is 4.90 Å². The first-order valence-electron chi connectivity index (χ1n) is 6.67. The molecule has 2 aliphatic carbocycles. The highest BCUT2D eigenvalue weighted by atomic mass is 16.4. The van der Waals surface area contributed by atoms with Crippen molar-refractivity contribution in [3.63, 3.8) is 0 Å². The molecule has 5 nitrogen and oxygen atoms in total. The summed E-state index contributed by atoms with van der Waals surface area (Å²) in [4.78, 5) is 25.5. The van der Waals surface area contributed by atoms with Crippen molar-refractivity contribution in [3.05, 3.63) is 12.2 Å². The van der Waals surface area contributed by atoms with E-state index in [0.717, 1.165) is 6.42 Å². The van der Waals surface area contributed by atoms with Crippen molar-refractivity contribution in [1.29, 1.82) is 5.26 Å². The third kappa shape index (κ3) is 2.35. The molecule has 2 aliphatic rings. The van der Waals surface area contributed by atoms with Crippen LogP contribution in [0.2, 0.25) is 0 Å². The average Bonchev–Trinajstić information content (AvgIpc) is 2.99. The summed E-state index contributed by atoms with van der Waals surface area (Å²) in [7, 11) is 0. The van der Waals surface area contributed by atoms with Crippen LogP contribution in [0, 0.1) is 35.0 Å². The maximum absolute atomic E-state index is 12.5. The van der Waals surface area contributed by atoms with E-state index in [1.54, 1.807) is 4.90 Å². The van der Waals surface area contributed by atoms with Crippen LogP contribution < -0.4 is 0 Å². The summed E-state index contributed by atoms with van der Waals surface area (Å²) in [6.45, 7) is 2.76. The Labute approximate surface area is 112 Å². The van der Waals surface area contributed by atoms with E-state index in [-0.39, 0.29) is 24.2 Å². The van der Waals surface area contributed by atoms with Gasteiger partial charge < -0.3 is 10.0 Å². The molecule has 1 N–H and O–H groups in total. The summed E-state index contributed by atoms with van der Waals surface area (Å²) >= 11 is 0. The number of carbonyl (C=O) groups is 2. The molecule has 0 saturated heterocycles. The highest BCUT2D eigenvalue weighted by Crippen LogP contribution is 2.48. The van der Waals surface area contributed by atoms with E-state index in [4.69, 9.17) is 5.26 Å². The van der Waals surface area contributed by atoms with Crippen LogP contribution in [-0.4, -0.2) is 35.0 Å². The predicted octanol–water partition coefficient (Wildman–Crippen LogP) is 1.27. The van der Waals surface area contributed by atoms with E-state index >= 15 is 0 Å². The standard InChI is InChI=1S/C14H18N2O3/c1-2-16(7-3-6-15)13(17)11-9-4-5-10(8-9)12(11)14(18)19/h4-5,9-12H,2-3,7-8H2,1H3,(H,18,19)/t9?,10?,11-,12+/m0/s1. The van der Waals surface area contributed by atoms with Crippen LogP contribution in [0.15, 0.2) is 12.2 Å². The van der Waals surface area contributed by atoms with Crippen LogP contribution in [0.5, 0.6) is 0 Å². The third-order valence-electron chi connectivity index (χ3n) is 4.22. The smallest absolute Gasteiger partial charge is 0.307 e. The van der Waals surface area contributed by atoms with Gasteiger partial charge in [0.1, 0.15) is 0 Å². The molecule has 4 atom stereocenters. The zero-order chi connectivity index (χ0) is 14.0. The molecule has 0 radical (unpaired) electrons. The van der Waals surface area contributed by atoms with Crippen molar-refractivity contribution >= 4 is 11.9 Å². The number of fused-ring (bicyclic) bond motifs is 2. The highest BCUT2D eigenvalue weighted by Gasteiger charge is 2.52. The maximum atomic E-state index is 12.5. The Kier molecular flexibility index (Phi) is 3.89. The summed E-state index contributed by atoms with van der Waals surface area (Å²) in [6, 6.07) is 2.02. The SMILES string of the molecule is CCN(CCC#N)C(=O)[C@H]1C2C=CC(C2)[C@H]1C(=O)O. The molecule has 2 unspecified atom stereocenters. The third-order valence-corrected chi connectivity index (χ3v) is 4.22. The lowest BCUT2D eigenvalue weighted by Crippen LogP contribution is -2.43. The number of carboxylic acid groups (broad SMARTS) is 1.